The Balaban J connectivity index is 2.73. The predicted octanol–water partition coefficient (Wildman–Crippen LogP) is 2.10. The Bertz CT molecular complexity index is 348. The Hall–Kier alpha value is -1.35. The monoisotopic (exact) mass is 226 g/mol. The minimum Gasteiger partial charge on any atom is -0.460 e. The molecule has 0 heterocycles. The van der Waals surface area contributed by atoms with Crippen LogP contribution >= 0.6 is 11.6 Å². The molecule has 0 fully saturated rings. The summed E-state index contributed by atoms with van der Waals surface area (Å²) >= 11 is 5.84. The van der Waals surface area contributed by atoms with E-state index in [1.54, 1.807) is 31.2 Å². The van der Waals surface area contributed by atoms with Crippen LogP contribution in [0.3, 0.4) is 0 Å². The number of halogens is 1. The first kappa shape index (κ1) is 11.7. The Labute approximate surface area is 93.0 Å². The highest BCUT2D eigenvalue weighted by Gasteiger charge is 2.25. The van der Waals surface area contributed by atoms with Gasteiger partial charge in [0.25, 0.3) is 5.78 Å². The molecule has 0 aliphatic heterocycles. The topological polar surface area (TPSA) is 43.4 Å². The van der Waals surface area contributed by atoms with E-state index in [9.17, 15) is 9.59 Å². The summed E-state index contributed by atoms with van der Waals surface area (Å²) < 4.78 is 4.57. The van der Waals surface area contributed by atoms with Gasteiger partial charge in [-0.25, -0.2) is 4.79 Å². The number of ketones is 1. The molecule has 4 heteroatoms. The largest absolute Gasteiger partial charge is 0.460 e. The summed E-state index contributed by atoms with van der Waals surface area (Å²) in [6.07, 6.45) is 0. The number of alkyl halides is 1. The quantitative estimate of drug-likeness (QED) is 0.449. The molecule has 1 rings (SSSR count). The molecule has 0 radical (unpaired) electrons. The van der Waals surface area contributed by atoms with Gasteiger partial charge in [0.15, 0.2) is 0 Å². The van der Waals surface area contributed by atoms with Crippen molar-refractivity contribution >= 4 is 23.4 Å². The van der Waals surface area contributed by atoms with E-state index in [-0.39, 0.29) is 6.61 Å². The summed E-state index contributed by atoms with van der Waals surface area (Å²) in [4.78, 5) is 22.5. The third kappa shape index (κ3) is 3.06. The summed E-state index contributed by atoms with van der Waals surface area (Å²) in [7, 11) is 0. The van der Waals surface area contributed by atoms with Crippen LogP contribution in [0, 0.1) is 0 Å². The normalized spacial score (nSPS) is 11.9. The highest BCUT2D eigenvalue weighted by molar-refractivity contribution is 6.47. The lowest BCUT2D eigenvalue weighted by Crippen LogP contribution is -2.21. The van der Waals surface area contributed by atoms with E-state index in [1.807, 2.05) is 6.07 Å². The van der Waals surface area contributed by atoms with Crippen molar-refractivity contribution < 1.29 is 14.3 Å². The second kappa shape index (κ2) is 5.51. The molecule has 80 valence electrons. The van der Waals surface area contributed by atoms with Gasteiger partial charge in [-0.2, -0.15) is 0 Å². The molecule has 3 nitrogen and oxygen atoms in total. The Kier molecular flexibility index (Phi) is 4.31. The van der Waals surface area contributed by atoms with Crippen LogP contribution < -0.4 is 0 Å². The van der Waals surface area contributed by atoms with Gasteiger partial charge in [-0.15, -0.1) is 11.6 Å². The second-order valence-corrected chi connectivity index (χ2v) is 3.29. The zero-order valence-electron chi connectivity index (χ0n) is 8.27. The van der Waals surface area contributed by atoms with Gasteiger partial charge in [0, 0.05) is 0 Å². The number of hydrogen-bond donors (Lipinski definition) is 0. The van der Waals surface area contributed by atoms with Gasteiger partial charge < -0.3 is 4.74 Å². The van der Waals surface area contributed by atoms with Crippen molar-refractivity contribution in [2.45, 2.75) is 12.3 Å². The van der Waals surface area contributed by atoms with Gasteiger partial charge in [-0.05, 0) is 12.5 Å². The van der Waals surface area contributed by atoms with Gasteiger partial charge in [0.2, 0.25) is 0 Å². The maximum absolute atomic E-state index is 11.4. The van der Waals surface area contributed by atoms with Crippen LogP contribution in [0.5, 0.6) is 0 Å². The van der Waals surface area contributed by atoms with Crippen LogP contribution in [-0.4, -0.2) is 18.4 Å². The summed E-state index contributed by atoms with van der Waals surface area (Å²) in [5, 5.41) is -0.967. The Morgan fingerprint density at radius 3 is 2.47 bits per heavy atom. The zero-order valence-corrected chi connectivity index (χ0v) is 9.03. The number of Topliss-reactive ketones (excluding diaryl/α,β-unsaturated/α-hetero) is 1. The van der Waals surface area contributed by atoms with Crippen LogP contribution in [0.4, 0.5) is 0 Å². The molecule has 0 bridgehead atoms. The molecular weight excluding hydrogens is 216 g/mol. The van der Waals surface area contributed by atoms with Crippen molar-refractivity contribution in [1.82, 2.24) is 0 Å². The van der Waals surface area contributed by atoms with E-state index >= 15 is 0 Å². The molecule has 0 aliphatic carbocycles. The van der Waals surface area contributed by atoms with Gasteiger partial charge in [-0.3, -0.25) is 4.79 Å². The molecule has 0 aliphatic rings. The van der Waals surface area contributed by atoms with Crippen molar-refractivity contribution in [2.24, 2.45) is 0 Å². The molecule has 0 N–H and O–H groups in total. The predicted molar refractivity (Wildman–Crippen MR) is 56.7 cm³/mol. The number of benzene rings is 1. The molecule has 0 saturated heterocycles. The summed E-state index contributed by atoms with van der Waals surface area (Å²) in [6.45, 7) is 1.81. The number of rotatable bonds is 4. The third-order valence-corrected chi connectivity index (χ3v) is 2.25. The summed E-state index contributed by atoms with van der Waals surface area (Å²) in [5.74, 6) is -1.62. The fourth-order valence-electron chi connectivity index (χ4n) is 1.08. The number of carbonyl (C=O) groups is 2. The van der Waals surface area contributed by atoms with Crippen LogP contribution in [0.25, 0.3) is 0 Å². The Morgan fingerprint density at radius 2 is 1.93 bits per heavy atom. The van der Waals surface area contributed by atoms with E-state index in [0.717, 1.165) is 0 Å². The van der Waals surface area contributed by atoms with Crippen molar-refractivity contribution in [1.29, 1.82) is 0 Å². The minimum atomic E-state index is -0.967. The lowest BCUT2D eigenvalue weighted by Gasteiger charge is -2.07. The number of ether oxygens (including phenoxy) is 1. The standard InChI is InChI=1S/C11H11ClO3/c1-2-15-11(14)10(13)9(12)8-6-4-3-5-7-8/h3-7,9H,2H2,1H3/t9-/m1/s1. The first-order valence-electron chi connectivity index (χ1n) is 4.56. The van der Waals surface area contributed by atoms with Gasteiger partial charge in [-0.1, -0.05) is 30.3 Å². The number of hydrogen-bond acceptors (Lipinski definition) is 3. The first-order valence-corrected chi connectivity index (χ1v) is 5.00. The fourth-order valence-corrected chi connectivity index (χ4v) is 1.31. The van der Waals surface area contributed by atoms with Gasteiger partial charge >= 0.3 is 5.97 Å². The smallest absolute Gasteiger partial charge is 0.376 e. The van der Waals surface area contributed by atoms with Crippen molar-refractivity contribution in [3.8, 4) is 0 Å². The third-order valence-electron chi connectivity index (χ3n) is 1.80. The lowest BCUT2D eigenvalue weighted by molar-refractivity contribution is -0.153. The number of carbonyl (C=O) groups excluding carboxylic acids is 2. The van der Waals surface area contributed by atoms with Crippen molar-refractivity contribution in [3.63, 3.8) is 0 Å². The van der Waals surface area contributed by atoms with E-state index in [0.29, 0.717) is 5.56 Å². The average molecular weight is 227 g/mol. The molecule has 0 spiro atoms. The molecule has 0 saturated carbocycles. The summed E-state index contributed by atoms with van der Waals surface area (Å²) in [5.41, 5.74) is 0.595. The zero-order chi connectivity index (χ0) is 11.3. The maximum atomic E-state index is 11.4. The molecule has 0 amide bonds. The molecule has 1 atom stereocenters. The van der Waals surface area contributed by atoms with Gasteiger partial charge in [0.1, 0.15) is 5.38 Å². The van der Waals surface area contributed by atoms with Crippen LogP contribution in [0.1, 0.15) is 17.9 Å². The summed E-state index contributed by atoms with van der Waals surface area (Å²) in [6, 6.07) is 8.69. The van der Waals surface area contributed by atoms with E-state index in [1.165, 1.54) is 0 Å². The maximum Gasteiger partial charge on any atom is 0.376 e. The molecule has 15 heavy (non-hydrogen) atoms. The lowest BCUT2D eigenvalue weighted by atomic mass is 10.1. The molecule has 0 aromatic heterocycles. The van der Waals surface area contributed by atoms with Crippen molar-refractivity contribution in [2.75, 3.05) is 6.61 Å². The molecule has 0 unspecified atom stereocenters. The Morgan fingerprint density at radius 1 is 1.33 bits per heavy atom. The molecular formula is C11H11ClO3. The van der Waals surface area contributed by atoms with E-state index < -0.39 is 17.1 Å². The van der Waals surface area contributed by atoms with Gasteiger partial charge in [0.05, 0.1) is 6.61 Å². The van der Waals surface area contributed by atoms with E-state index in [4.69, 9.17) is 11.6 Å². The highest BCUT2D eigenvalue weighted by Crippen LogP contribution is 2.21. The number of esters is 1. The minimum absolute atomic E-state index is 0.170. The second-order valence-electron chi connectivity index (χ2n) is 2.86. The van der Waals surface area contributed by atoms with Crippen molar-refractivity contribution in [3.05, 3.63) is 35.9 Å². The van der Waals surface area contributed by atoms with Crippen LogP contribution in [-0.2, 0) is 14.3 Å². The van der Waals surface area contributed by atoms with Crippen LogP contribution in [0.15, 0.2) is 30.3 Å². The molecule has 1 aromatic carbocycles. The average Bonchev–Trinajstić information content (AvgIpc) is 2.28. The highest BCUT2D eigenvalue weighted by atomic mass is 35.5. The SMILES string of the molecule is CCOC(=O)C(=O)[C@H](Cl)c1ccccc1. The van der Waals surface area contributed by atoms with Crippen LogP contribution in [0.2, 0.25) is 0 Å². The molecule has 1 aromatic rings. The van der Waals surface area contributed by atoms with E-state index in [2.05, 4.69) is 4.74 Å². The first-order chi connectivity index (χ1) is 7.16. The fraction of sp³-hybridized carbons (Fsp3) is 0.273.